The first-order valence-electron chi connectivity index (χ1n) is 3.68. The summed E-state index contributed by atoms with van der Waals surface area (Å²) in [4.78, 5) is 0. The smallest absolute Gasteiger partial charge is 0.355 e. The third-order valence-corrected chi connectivity index (χ3v) is 2.48. The quantitative estimate of drug-likeness (QED) is 0.784. The molecule has 0 aliphatic carbocycles. The van der Waals surface area contributed by atoms with Gasteiger partial charge in [0.25, 0.3) is 10.0 Å². The Kier molecular flexibility index (Phi) is 3.08. The molecule has 0 aliphatic heterocycles. The van der Waals surface area contributed by atoms with E-state index in [1.165, 1.54) is 4.72 Å². The molecule has 0 aromatic heterocycles. The van der Waals surface area contributed by atoms with Crippen LogP contribution in [0, 0.1) is 5.82 Å². The number of hydrogen-bond acceptors (Lipinski definition) is 3. The molecule has 84 valence electrons. The largest absolute Gasteiger partial charge is 0.396 e. The third kappa shape index (κ3) is 2.75. The highest BCUT2D eigenvalue weighted by molar-refractivity contribution is 7.93. The molecule has 1 rings (SSSR count). The summed E-state index contributed by atoms with van der Waals surface area (Å²) >= 11 is 0. The number of nitrogens with one attached hydrogen (secondary N) is 1. The van der Waals surface area contributed by atoms with Crippen molar-refractivity contribution >= 4 is 21.4 Å². The minimum absolute atomic E-state index is 0.199. The third-order valence-electron chi connectivity index (χ3n) is 1.50. The number of nitrogen functional groups attached to an aromatic ring is 1. The molecule has 0 radical (unpaired) electrons. The topological polar surface area (TPSA) is 72.2 Å². The number of halogens is 3. The molecule has 0 unspecified atom stereocenters. The Labute approximate surface area is 83.9 Å². The van der Waals surface area contributed by atoms with Crippen molar-refractivity contribution < 1.29 is 21.6 Å². The van der Waals surface area contributed by atoms with Crippen molar-refractivity contribution in [1.82, 2.24) is 0 Å². The standard InChI is InChI=1S/C7H7F3N2O2S/c8-5-3-4(1-2-6(5)11)12-15(13,14)7(9)10/h1-3,7,12H,11H2. The van der Waals surface area contributed by atoms with Crippen molar-refractivity contribution in [1.29, 1.82) is 0 Å². The normalized spacial score (nSPS) is 11.7. The number of nitrogens with two attached hydrogens (primary N) is 1. The van der Waals surface area contributed by atoms with Gasteiger partial charge in [-0.05, 0) is 12.1 Å². The summed E-state index contributed by atoms with van der Waals surface area (Å²) in [5.41, 5.74) is 4.61. The summed E-state index contributed by atoms with van der Waals surface area (Å²) in [5.74, 6) is -4.46. The van der Waals surface area contributed by atoms with Crippen LogP contribution < -0.4 is 10.5 Å². The van der Waals surface area contributed by atoms with E-state index >= 15 is 0 Å². The molecule has 0 heterocycles. The van der Waals surface area contributed by atoms with E-state index in [4.69, 9.17) is 5.73 Å². The van der Waals surface area contributed by atoms with Crippen LogP contribution in [0.25, 0.3) is 0 Å². The average Bonchev–Trinajstić information content (AvgIpc) is 2.10. The lowest BCUT2D eigenvalue weighted by molar-refractivity contribution is 0.236. The molecule has 0 spiro atoms. The van der Waals surface area contributed by atoms with Crippen molar-refractivity contribution in [2.45, 2.75) is 5.76 Å². The van der Waals surface area contributed by atoms with Gasteiger partial charge >= 0.3 is 5.76 Å². The first kappa shape index (κ1) is 11.6. The maximum absolute atomic E-state index is 12.8. The Morgan fingerprint density at radius 1 is 1.33 bits per heavy atom. The Morgan fingerprint density at radius 3 is 2.40 bits per heavy atom. The van der Waals surface area contributed by atoms with E-state index < -0.39 is 21.6 Å². The first-order valence-corrected chi connectivity index (χ1v) is 5.22. The molecule has 8 heteroatoms. The van der Waals surface area contributed by atoms with Crippen LogP contribution in [0.2, 0.25) is 0 Å². The van der Waals surface area contributed by atoms with E-state index in [-0.39, 0.29) is 11.4 Å². The molecule has 4 nitrogen and oxygen atoms in total. The van der Waals surface area contributed by atoms with Crippen LogP contribution in [-0.2, 0) is 10.0 Å². The van der Waals surface area contributed by atoms with Crippen molar-refractivity contribution in [3.05, 3.63) is 24.0 Å². The number of alkyl halides is 2. The van der Waals surface area contributed by atoms with Crippen LogP contribution in [0.4, 0.5) is 24.5 Å². The Hall–Kier alpha value is -1.44. The van der Waals surface area contributed by atoms with Crippen LogP contribution in [0.5, 0.6) is 0 Å². The van der Waals surface area contributed by atoms with Gasteiger partial charge in [-0.3, -0.25) is 4.72 Å². The Balaban J connectivity index is 2.96. The van der Waals surface area contributed by atoms with Crippen molar-refractivity contribution in [2.75, 3.05) is 10.5 Å². The summed E-state index contributed by atoms with van der Waals surface area (Å²) in [6.45, 7) is 0. The molecule has 0 bridgehead atoms. The number of sulfonamides is 1. The first-order chi connectivity index (χ1) is 6.83. The predicted octanol–water partition coefficient (Wildman–Crippen LogP) is 1.37. The Bertz CT molecular complexity index is 461. The molecule has 0 saturated heterocycles. The van der Waals surface area contributed by atoms with Crippen LogP contribution in [0.15, 0.2) is 18.2 Å². The van der Waals surface area contributed by atoms with E-state index in [0.29, 0.717) is 0 Å². The van der Waals surface area contributed by atoms with Gasteiger partial charge < -0.3 is 5.73 Å². The van der Waals surface area contributed by atoms with E-state index in [1.807, 2.05) is 0 Å². The number of anilines is 2. The van der Waals surface area contributed by atoms with Crippen LogP contribution in [0.3, 0.4) is 0 Å². The lowest BCUT2D eigenvalue weighted by Gasteiger charge is -2.07. The van der Waals surface area contributed by atoms with E-state index in [0.717, 1.165) is 18.2 Å². The summed E-state index contributed by atoms with van der Waals surface area (Å²) in [6.07, 6.45) is 0. The van der Waals surface area contributed by atoms with Gasteiger partial charge in [0.1, 0.15) is 5.82 Å². The highest BCUT2D eigenvalue weighted by atomic mass is 32.2. The van der Waals surface area contributed by atoms with Crippen LogP contribution in [-0.4, -0.2) is 14.2 Å². The summed E-state index contributed by atoms with van der Waals surface area (Å²) in [7, 11) is -4.77. The number of rotatable bonds is 3. The molecule has 0 aliphatic rings. The predicted molar refractivity (Wildman–Crippen MR) is 49.4 cm³/mol. The fourth-order valence-electron chi connectivity index (χ4n) is 0.799. The fourth-order valence-corrected chi connectivity index (χ4v) is 1.34. The van der Waals surface area contributed by atoms with Crippen LogP contribution in [0.1, 0.15) is 0 Å². The summed E-state index contributed by atoms with van der Waals surface area (Å²) < 4.78 is 59.5. The van der Waals surface area contributed by atoms with Gasteiger partial charge in [0.2, 0.25) is 0 Å². The van der Waals surface area contributed by atoms with Gasteiger partial charge in [-0.15, -0.1) is 0 Å². The second kappa shape index (κ2) is 3.97. The zero-order chi connectivity index (χ0) is 11.6. The number of hydrogen-bond donors (Lipinski definition) is 2. The van der Waals surface area contributed by atoms with Gasteiger partial charge in [0, 0.05) is 6.07 Å². The molecular weight excluding hydrogens is 233 g/mol. The van der Waals surface area contributed by atoms with Gasteiger partial charge in [-0.1, -0.05) is 0 Å². The minimum Gasteiger partial charge on any atom is -0.396 e. The molecule has 1 aromatic carbocycles. The fraction of sp³-hybridized carbons (Fsp3) is 0.143. The van der Waals surface area contributed by atoms with E-state index in [9.17, 15) is 21.6 Å². The molecular formula is C7H7F3N2O2S. The highest BCUT2D eigenvalue weighted by Gasteiger charge is 2.23. The van der Waals surface area contributed by atoms with Gasteiger partial charge in [0.15, 0.2) is 0 Å². The molecule has 0 atom stereocenters. The highest BCUT2D eigenvalue weighted by Crippen LogP contribution is 2.18. The van der Waals surface area contributed by atoms with Crippen LogP contribution >= 0.6 is 0 Å². The van der Waals surface area contributed by atoms with Gasteiger partial charge in [-0.25, -0.2) is 12.8 Å². The summed E-state index contributed by atoms with van der Waals surface area (Å²) in [6, 6.07) is 2.87. The van der Waals surface area contributed by atoms with Crippen molar-refractivity contribution in [2.24, 2.45) is 0 Å². The second-order valence-electron chi connectivity index (χ2n) is 2.64. The molecule has 1 aromatic rings. The monoisotopic (exact) mass is 240 g/mol. The van der Waals surface area contributed by atoms with Crippen molar-refractivity contribution in [3.8, 4) is 0 Å². The average molecular weight is 240 g/mol. The van der Waals surface area contributed by atoms with Gasteiger partial charge in [-0.2, -0.15) is 8.78 Å². The zero-order valence-corrected chi connectivity index (χ0v) is 8.06. The molecule has 15 heavy (non-hydrogen) atoms. The SMILES string of the molecule is Nc1ccc(NS(=O)(=O)C(F)F)cc1F. The lowest BCUT2D eigenvalue weighted by atomic mass is 10.3. The number of benzene rings is 1. The minimum atomic E-state index is -4.77. The molecule has 3 N–H and O–H groups in total. The zero-order valence-electron chi connectivity index (χ0n) is 7.25. The van der Waals surface area contributed by atoms with Gasteiger partial charge in [0.05, 0.1) is 11.4 Å². The lowest BCUT2D eigenvalue weighted by Crippen LogP contribution is -2.20. The van der Waals surface area contributed by atoms with E-state index in [2.05, 4.69) is 0 Å². The molecule has 0 fully saturated rings. The summed E-state index contributed by atoms with van der Waals surface area (Å²) in [5, 5.41) is 0. The Morgan fingerprint density at radius 2 is 1.93 bits per heavy atom. The molecule has 0 saturated carbocycles. The maximum Gasteiger partial charge on any atom is 0.355 e. The second-order valence-corrected chi connectivity index (χ2v) is 4.29. The van der Waals surface area contributed by atoms with E-state index in [1.54, 1.807) is 0 Å². The van der Waals surface area contributed by atoms with Crippen molar-refractivity contribution in [3.63, 3.8) is 0 Å². The molecule has 0 amide bonds. The maximum atomic E-state index is 12.8.